The highest BCUT2D eigenvalue weighted by Gasteiger charge is 1.83. The molecule has 48 valence electrons. The molecule has 0 aliphatic heterocycles. The first-order chi connectivity index (χ1) is 3.91. The van der Waals surface area contributed by atoms with E-state index in [9.17, 15) is 4.79 Å². The van der Waals surface area contributed by atoms with E-state index >= 15 is 0 Å². The van der Waals surface area contributed by atoms with Gasteiger partial charge in [-0.05, 0) is 6.42 Å². The van der Waals surface area contributed by atoms with Crippen molar-refractivity contribution in [2.45, 2.75) is 39.0 Å². The largest absolute Gasteiger partial charge is 0.303 e. The second kappa shape index (κ2) is 6.67. The molecule has 0 saturated heterocycles. The van der Waals surface area contributed by atoms with Crippen LogP contribution < -0.4 is 0 Å². The first-order valence-electron chi connectivity index (χ1n) is 3.35. The topological polar surface area (TPSA) is 17.1 Å². The summed E-state index contributed by atoms with van der Waals surface area (Å²) in [4.78, 5) is 9.77. The summed E-state index contributed by atoms with van der Waals surface area (Å²) in [5.41, 5.74) is 0. The fourth-order valence-corrected chi connectivity index (χ4v) is 0.654. The highest BCUT2D eigenvalue weighted by atomic mass is 16.1. The highest BCUT2D eigenvalue weighted by Crippen LogP contribution is 1.99. The van der Waals surface area contributed by atoms with Crippen LogP contribution in [0.1, 0.15) is 39.0 Å². The fraction of sp³-hybridized carbons (Fsp3) is 0.857. The van der Waals surface area contributed by atoms with Crippen LogP contribution in [-0.4, -0.2) is 6.29 Å². The predicted octanol–water partition coefficient (Wildman–Crippen LogP) is 2.16. The molecule has 1 heteroatoms. The summed E-state index contributed by atoms with van der Waals surface area (Å²) in [5, 5.41) is 0. The minimum Gasteiger partial charge on any atom is -0.303 e. The number of aldehydes is 1. The molecule has 1 nitrogen and oxygen atoms in total. The van der Waals surface area contributed by atoms with Crippen molar-refractivity contribution in [2.75, 3.05) is 0 Å². The third-order valence-corrected chi connectivity index (χ3v) is 1.18. The predicted molar refractivity (Wildman–Crippen MR) is 34.8 cm³/mol. The van der Waals surface area contributed by atoms with Gasteiger partial charge in [0.05, 0.1) is 0 Å². The molecule has 0 unspecified atom stereocenters. The van der Waals surface area contributed by atoms with Gasteiger partial charge in [0.2, 0.25) is 0 Å². The zero-order chi connectivity index (χ0) is 6.24. The van der Waals surface area contributed by atoms with Crippen LogP contribution in [0.25, 0.3) is 0 Å². The molecule has 0 aliphatic rings. The zero-order valence-electron chi connectivity index (χ0n) is 5.52. The number of hydrogen-bond acceptors (Lipinski definition) is 1. The van der Waals surface area contributed by atoms with E-state index in [2.05, 4.69) is 6.92 Å². The van der Waals surface area contributed by atoms with Gasteiger partial charge in [-0.15, -0.1) is 0 Å². The maximum atomic E-state index is 9.77. The Bertz CT molecular complexity index is 50.3. The van der Waals surface area contributed by atoms with Gasteiger partial charge in [-0.1, -0.05) is 26.2 Å². The van der Waals surface area contributed by atoms with Gasteiger partial charge in [0.1, 0.15) is 6.29 Å². The van der Waals surface area contributed by atoms with E-state index in [0.29, 0.717) is 0 Å². The SMILES string of the molecule is CCCC[14CH2]CC=O. The summed E-state index contributed by atoms with van der Waals surface area (Å²) in [6.07, 6.45) is 6.56. The van der Waals surface area contributed by atoms with Crippen LogP contribution in [0.3, 0.4) is 0 Å². The molecule has 0 atom stereocenters. The molecule has 0 fully saturated rings. The first-order valence-corrected chi connectivity index (χ1v) is 3.35. The van der Waals surface area contributed by atoms with E-state index in [4.69, 9.17) is 0 Å². The van der Waals surface area contributed by atoms with Gasteiger partial charge in [-0.25, -0.2) is 0 Å². The second-order valence-corrected chi connectivity index (χ2v) is 2.02. The normalized spacial score (nSPS) is 9.12. The Morgan fingerprint density at radius 2 is 2.38 bits per heavy atom. The molecule has 0 radical (unpaired) electrons. The lowest BCUT2D eigenvalue weighted by Crippen LogP contribution is -1.76. The standard InChI is InChI=1S/C7H14O/c1-2-3-4-5-6-7-8/h7H,2-6H2,1H3/i5+2. The van der Waals surface area contributed by atoms with Crippen LogP contribution in [0.2, 0.25) is 0 Å². The van der Waals surface area contributed by atoms with Gasteiger partial charge in [-0.3, -0.25) is 0 Å². The average Bonchev–Trinajstić information content (AvgIpc) is 1.81. The molecule has 0 rings (SSSR count). The fourth-order valence-electron chi connectivity index (χ4n) is 0.654. The van der Waals surface area contributed by atoms with Gasteiger partial charge in [0.25, 0.3) is 0 Å². The Hall–Kier alpha value is -0.330. The minimum absolute atomic E-state index is 0.750. The summed E-state index contributed by atoms with van der Waals surface area (Å²) in [5.74, 6) is 0. The van der Waals surface area contributed by atoms with Crippen molar-refractivity contribution in [3.8, 4) is 0 Å². The van der Waals surface area contributed by atoms with Crippen LogP contribution in [0, 0.1) is 0 Å². The Morgan fingerprint density at radius 3 is 2.88 bits per heavy atom. The van der Waals surface area contributed by atoms with E-state index in [-0.39, 0.29) is 0 Å². The molecule has 8 heavy (non-hydrogen) atoms. The molecule has 0 spiro atoms. The summed E-state index contributed by atoms with van der Waals surface area (Å²) in [7, 11) is 0. The van der Waals surface area contributed by atoms with Crippen LogP contribution in [-0.2, 0) is 4.79 Å². The molecular formula is C7H14O. The number of rotatable bonds is 5. The van der Waals surface area contributed by atoms with E-state index < -0.39 is 0 Å². The van der Waals surface area contributed by atoms with Crippen molar-refractivity contribution in [3.63, 3.8) is 0 Å². The molecule has 0 amide bonds. The molecule has 0 saturated carbocycles. The van der Waals surface area contributed by atoms with Crippen molar-refractivity contribution >= 4 is 6.29 Å². The van der Waals surface area contributed by atoms with Gasteiger partial charge in [0.15, 0.2) is 0 Å². The summed E-state index contributed by atoms with van der Waals surface area (Å²) in [6.45, 7) is 2.17. The lowest BCUT2D eigenvalue weighted by atomic mass is 10.3. The van der Waals surface area contributed by atoms with E-state index in [1.807, 2.05) is 0 Å². The molecule has 0 aliphatic carbocycles. The van der Waals surface area contributed by atoms with Crippen molar-refractivity contribution in [3.05, 3.63) is 0 Å². The van der Waals surface area contributed by atoms with Crippen LogP contribution in [0.15, 0.2) is 0 Å². The molecule has 0 aromatic carbocycles. The zero-order valence-corrected chi connectivity index (χ0v) is 5.52. The van der Waals surface area contributed by atoms with Gasteiger partial charge in [0, 0.05) is 6.42 Å². The van der Waals surface area contributed by atoms with Gasteiger partial charge >= 0.3 is 0 Å². The smallest absolute Gasteiger partial charge is 0.119 e. The maximum Gasteiger partial charge on any atom is 0.119 e. The van der Waals surface area contributed by atoms with Crippen molar-refractivity contribution in [1.29, 1.82) is 0 Å². The van der Waals surface area contributed by atoms with Gasteiger partial charge in [-0.2, -0.15) is 0 Å². The molecule has 0 N–H and O–H groups in total. The second-order valence-electron chi connectivity index (χ2n) is 2.02. The summed E-state index contributed by atoms with van der Waals surface area (Å²) >= 11 is 0. The van der Waals surface area contributed by atoms with E-state index in [1.165, 1.54) is 19.3 Å². The third kappa shape index (κ3) is 5.67. The van der Waals surface area contributed by atoms with E-state index in [1.54, 1.807) is 0 Å². The number of carbonyl (C=O) groups excluding carboxylic acids is 1. The third-order valence-electron chi connectivity index (χ3n) is 1.18. The van der Waals surface area contributed by atoms with Crippen molar-refractivity contribution in [1.82, 2.24) is 0 Å². The Balaban J connectivity index is 2.62. The molecule has 0 heterocycles. The molecular weight excluding hydrogens is 102 g/mol. The van der Waals surface area contributed by atoms with Crippen LogP contribution >= 0.6 is 0 Å². The lowest BCUT2D eigenvalue weighted by molar-refractivity contribution is -0.107. The highest BCUT2D eigenvalue weighted by molar-refractivity contribution is 5.48. The monoisotopic (exact) mass is 116 g/mol. The van der Waals surface area contributed by atoms with E-state index in [0.717, 1.165) is 19.1 Å². The Kier molecular flexibility index (Phi) is 6.39. The first kappa shape index (κ1) is 7.67. The van der Waals surface area contributed by atoms with Crippen LogP contribution in [0.4, 0.5) is 0 Å². The number of carbonyl (C=O) groups is 1. The van der Waals surface area contributed by atoms with Crippen LogP contribution in [0.5, 0.6) is 0 Å². The minimum atomic E-state index is 0.750. The average molecular weight is 116 g/mol. The maximum absolute atomic E-state index is 9.77. The Morgan fingerprint density at radius 1 is 1.62 bits per heavy atom. The lowest BCUT2D eigenvalue weighted by Gasteiger charge is -1.90. The number of hydrogen-bond donors (Lipinski definition) is 0. The molecule has 0 aromatic heterocycles. The quantitative estimate of drug-likeness (QED) is 0.397. The van der Waals surface area contributed by atoms with Crippen molar-refractivity contribution in [2.24, 2.45) is 0 Å². The molecule has 0 aromatic rings. The van der Waals surface area contributed by atoms with Crippen molar-refractivity contribution < 1.29 is 4.79 Å². The summed E-state index contributed by atoms with van der Waals surface area (Å²) < 4.78 is 0. The number of unbranched alkanes of at least 4 members (excludes halogenated alkanes) is 4. The van der Waals surface area contributed by atoms with Gasteiger partial charge < -0.3 is 4.79 Å². The molecule has 0 bridgehead atoms. The Labute approximate surface area is 51.1 Å². The summed E-state index contributed by atoms with van der Waals surface area (Å²) in [6, 6.07) is 0.